The number of hydrogen-bond donors (Lipinski definition) is 1. The largest absolute Gasteiger partial charge is 0.351 e. The van der Waals surface area contributed by atoms with Gasteiger partial charge in [0.2, 0.25) is 0 Å². The number of aromatic nitrogens is 2. The molecule has 0 atom stereocenters. The molecule has 1 N–H and O–H groups in total. The number of aryl methyl sites for hydroxylation is 1. The van der Waals surface area contributed by atoms with Crippen LogP contribution in [0.15, 0.2) is 54.6 Å². The van der Waals surface area contributed by atoms with E-state index in [0.29, 0.717) is 29.5 Å². The van der Waals surface area contributed by atoms with Crippen molar-refractivity contribution in [1.29, 1.82) is 0 Å². The SMILES string of the molecule is Cc1nn(Cc2ccc(F)cc2)c(Cl)c1C(=O)NCC1(c2ccccc2)CCCC1. The molecule has 1 aromatic heterocycles. The number of carbonyl (C=O) groups excluding carboxylic acids is 1. The van der Waals surface area contributed by atoms with Crippen molar-refractivity contribution < 1.29 is 9.18 Å². The lowest BCUT2D eigenvalue weighted by Gasteiger charge is -2.30. The van der Waals surface area contributed by atoms with Crippen LogP contribution in [0.4, 0.5) is 4.39 Å². The second-order valence-corrected chi connectivity index (χ2v) is 8.43. The first kappa shape index (κ1) is 20.6. The third-order valence-electron chi connectivity index (χ3n) is 6.07. The minimum atomic E-state index is -0.291. The van der Waals surface area contributed by atoms with Crippen molar-refractivity contribution in [2.24, 2.45) is 0 Å². The van der Waals surface area contributed by atoms with Gasteiger partial charge in [0.05, 0.1) is 17.8 Å². The van der Waals surface area contributed by atoms with Gasteiger partial charge in [0.25, 0.3) is 5.91 Å². The smallest absolute Gasteiger partial charge is 0.256 e. The van der Waals surface area contributed by atoms with E-state index < -0.39 is 0 Å². The van der Waals surface area contributed by atoms with Crippen LogP contribution < -0.4 is 5.32 Å². The molecule has 0 spiro atoms. The number of benzene rings is 2. The fraction of sp³-hybridized carbons (Fsp3) is 0.333. The van der Waals surface area contributed by atoms with Gasteiger partial charge in [0.15, 0.2) is 0 Å². The van der Waals surface area contributed by atoms with E-state index in [0.717, 1.165) is 18.4 Å². The topological polar surface area (TPSA) is 46.9 Å². The van der Waals surface area contributed by atoms with Crippen LogP contribution in [-0.4, -0.2) is 22.2 Å². The molecule has 1 fully saturated rings. The second kappa shape index (κ2) is 8.60. The van der Waals surface area contributed by atoms with Crippen molar-refractivity contribution in [1.82, 2.24) is 15.1 Å². The van der Waals surface area contributed by atoms with Gasteiger partial charge < -0.3 is 5.32 Å². The van der Waals surface area contributed by atoms with E-state index in [1.807, 2.05) is 6.07 Å². The highest BCUT2D eigenvalue weighted by Crippen LogP contribution is 2.40. The number of halogens is 2. The molecule has 0 radical (unpaired) electrons. The van der Waals surface area contributed by atoms with E-state index >= 15 is 0 Å². The van der Waals surface area contributed by atoms with Gasteiger partial charge in [-0.2, -0.15) is 5.10 Å². The minimum absolute atomic E-state index is 0.0264. The minimum Gasteiger partial charge on any atom is -0.351 e. The average Bonchev–Trinajstić information content (AvgIpc) is 3.34. The summed E-state index contributed by atoms with van der Waals surface area (Å²) in [6, 6.07) is 16.6. The van der Waals surface area contributed by atoms with Gasteiger partial charge in [-0.05, 0) is 43.0 Å². The molecule has 0 bridgehead atoms. The number of nitrogens with one attached hydrogen (secondary N) is 1. The Morgan fingerprint density at radius 1 is 1.13 bits per heavy atom. The standard InChI is InChI=1S/C24H25ClFN3O/c1-17-21(22(25)29(28-17)15-18-9-11-20(26)12-10-18)23(30)27-16-24(13-5-6-14-24)19-7-3-2-4-8-19/h2-4,7-12H,5-6,13-16H2,1H3,(H,27,30). The molecule has 3 aromatic rings. The fourth-order valence-electron chi connectivity index (χ4n) is 4.43. The first-order valence-corrected chi connectivity index (χ1v) is 10.7. The summed E-state index contributed by atoms with van der Waals surface area (Å²) in [5.41, 5.74) is 3.10. The maximum absolute atomic E-state index is 13.1. The van der Waals surface area contributed by atoms with Gasteiger partial charge in [0, 0.05) is 12.0 Å². The van der Waals surface area contributed by atoms with Gasteiger partial charge in [0.1, 0.15) is 11.0 Å². The molecule has 1 heterocycles. The third-order valence-corrected chi connectivity index (χ3v) is 6.46. The zero-order chi connectivity index (χ0) is 21.1. The van der Waals surface area contributed by atoms with E-state index in [1.165, 1.54) is 30.5 Å². The highest BCUT2D eigenvalue weighted by Gasteiger charge is 2.36. The summed E-state index contributed by atoms with van der Waals surface area (Å²) in [6.07, 6.45) is 4.46. The maximum Gasteiger partial charge on any atom is 0.256 e. The number of hydrogen-bond acceptors (Lipinski definition) is 2. The van der Waals surface area contributed by atoms with E-state index in [-0.39, 0.29) is 17.1 Å². The molecule has 4 nitrogen and oxygen atoms in total. The van der Waals surface area contributed by atoms with Crippen LogP contribution in [0.25, 0.3) is 0 Å². The zero-order valence-electron chi connectivity index (χ0n) is 17.0. The van der Waals surface area contributed by atoms with Crippen molar-refractivity contribution in [3.05, 3.63) is 88.0 Å². The predicted molar refractivity (Wildman–Crippen MR) is 116 cm³/mol. The molecular formula is C24H25ClFN3O. The first-order valence-electron chi connectivity index (χ1n) is 10.3. The summed E-state index contributed by atoms with van der Waals surface area (Å²) >= 11 is 6.52. The lowest BCUT2D eigenvalue weighted by molar-refractivity contribution is 0.0942. The van der Waals surface area contributed by atoms with E-state index in [2.05, 4.69) is 34.7 Å². The lowest BCUT2D eigenvalue weighted by Crippen LogP contribution is -2.39. The van der Waals surface area contributed by atoms with Crippen LogP contribution in [-0.2, 0) is 12.0 Å². The van der Waals surface area contributed by atoms with E-state index in [9.17, 15) is 9.18 Å². The quantitative estimate of drug-likeness (QED) is 0.584. The van der Waals surface area contributed by atoms with Gasteiger partial charge in [-0.15, -0.1) is 0 Å². The molecule has 6 heteroatoms. The molecule has 1 aliphatic carbocycles. The summed E-state index contributed by atoms with van der Waals surface area (Å²) in [7, 11) is 0. The summed E-state index contributed by atoms with van der Waals surface area (Å²) in [6.45, 7) is 2.74. The van der Waals surface area contributed by atoms with Crippen molar-refractivity contribution >= 4 is 17.5 Å². The second-order valence-electron chi connectivity index (χ2n) is 8.07. The van der Waals surface area contributed by atoms with Crippen molar-refractivity contribution in [3.63, 3.8) is 0 Å². The molecular weight excluding hydrogens is 401 g/mol. The highest BCUT2D eigenvalue weighted by atomic mass is 35.5. The molecule has 1 aliphatic rings. The lowest BCUT2D eigenvalue weighted by atomic mass is 9.79. The van der Waals surface area contributed by atoms with Crippen LogP contribution in [0.1, 0.15) is 52.9 Å². The Kier molecular flexibility index (Phi) is 5.91. The summed E-state index contributed by atoms with van der Waals surface area (Å²) < 4.78 is 14.7. The molecule has 1 saturated carbocycles. The summed E-state index contributed by atoms with van der Waals surface area (Å²) in [4.78, 5) is 13.0. The number of amides is 1. The average molecular weight is 426 g/mol. The molecule has 0 aliphatic heterocycles. The monoisotopic (exact) mass is 425 g/mol. The zero-order valence-corrected chi connectivity index (χ0v) is 17.8. The summed E-state index contributed by atoms with van der Waals surface area (Å²) in [5.74, 6) is -0.495. The van der Waals surface area contributed by atoms with Crippen molar-refractivity contribution in [3.8, 4) is 0 Å². The molecule has 30 heavy (non-hydrogen) atoms. The fourth-order valence-corrected chi connectivity index (χ4v) is 4.75. The van der Waals surface area contributed by atoms with Gasteiger partial charge in [-0.3, -0.25) is 4.79 Å². The Bertz CT molecular complexity index is 1020. The van der Waals surface area contributed by atoms with E-state index in [4.69, 9.17) is 11.6 Å². The number of carbonyl (C=O) groups is 1. The first-order chi connectivity index (χ1) is 14.5. The predicted octanol–water partition coefficient (Wildman–Crippen LogP) is 5.27. The van der Waals surface area contributed by atoms with E-state index in [1.54, 1.807) is 23.7 Å². The Morgan fingerprint density at radius 3 is 2.47 bits per heavy atom. The normalized spacial score (nSPS) is 15.3. The van der Waals surface area contributed by atoms with Crippen LogP contribution in [0.3, 0.4) is 0 Å². The Balaban J connectivity index is 1.51. The van der Waals surface area contributed by atoms with Crippen LogP contribution in [0, 0.1) is 12.7 Å². The number of nitrogens with zero attached hydrogens (tertiary/aromatic N) is 2. The molecule has 156 valence electrons. The van der Waals surface area contributed by atoms with Gasteiger partial charge in [-0.25, -0.2) is 9.07 Å². The van der Waals surface area contributed by atoms with Crippen molar-refractivity contribution in [2.75, 3.05) is 6.54 Å². The molecule has 2 aromatic carbocycles. The van der Waals surface area contributed by atoms with Crippen LogP contribution in [0.5, 0.6) is 0 Å². The van der Waals surface area contributed by atoms with Crippen molar-refractivity contribution in [2.45, 2.75) is 44.6 Å². The Labute approximate surface area is 181 Å². The Hall–Kier alpha value is -2.66. The maximum atomic E-state index is 13.1. The number of rotatable bonds is 6. The van der Waals surface area contributed by atoms with Crippen LogP contribution >= 0.6 is 11.6 Å². The van der Waals surface area contributed by atoms with Gasteiger partial charge >= 0.3 is 0 Å². The van der Waals surface area contributed by atoms with Crippen LogP contribution in [0.2, 0.25) is 5.15 Å². The van der Waals surface area contributed by atoms with Gasteiger partial charge in [-0.1, -0.05) is 66.9 Å². The Morgan fingerprint density at radius 2 is 1.80 bits per heavy atom. The summed E-state index contributed by atoms with van der Waals surface area (Å²) in [5, 5.41) is 7.86. The third kappa shape index (κ3) is 4.12. The molecule has 4 rings (SSSR count). The molecule has 0 saturated heterocycles. The highest BCUT2D eigenvalue weighted by molar-refractivity contribution is 6.33. The molecule has 0 unspecified atom stereocenters. The molecule has 1 amide bonds.